The number of aliphatic hydroxyl groups excluding tert-OH is 1. The number of aliphatic carboxylic acids is 1. The average Bonchev–Trinajstić information content (AvgIpc) is 3.08. The van der Waals surface area contributed by atoms with E-state index in [0.29, 0.717) is 19.4 Å². The van der Waals surface area contributed by atoms with E-state index in [-0.39, 0.29) is 24.3 Å². The Balaban J connectivity index is 1.70. The van der Waals surface area contributed by atoms with Gasteiger partial charge in [0.2, 0.25) is 5.91 Å². The van der Waals surface area contributed by atoms with Crippen LogP contribution in [0.15, 0.2) is 42.5 Å². The summed E-state index contributed by atoms with van der Waals surface area (Å²) in [5.74, 6) is -0.381. The van der Waals surface area contributed by atoms with Crippen molar-refractivity contribution in [1.82, 2.24) is 4.90 Å². The lowest BCUT2D eigenvalue weighted by Gasteiger charge is -2.23. The van der Waals surface area contributed by atoms with Crippen molar-refractivity contribution in [1.29, 1.82) is 0 Å². The zero-order valence-electron chi connectivity index (χ0n) is 18.2. The molecule has 1 amide bonds. The van der Waals surface area contributed by atoms with Gasteiger partial charge in [0.15, 0.2) is 0 Å². The molecule has 30 heavy (non-hydrogen) atoms. The van der Waals surface area contributed by atoms with Gasteiger partial charge in [0.05, 0.1) is 12.1 Å². The predicted octanol–water partition coefficient (Wildman–Crippen LogP) is 4.59. The van der Waals surface area contributed by atoms with Crippen molar-refractivity contribution >= 4 is 11.9 Å². The Kier molecular flexibility index (Phi) is 10.6. The fraction of sp³-hybridized carbons (Fsp3) is 0.600. The summed E-state index contributed by atoms with van der Waals surface area (Å²) in [4.78, 5) is 24.7. The van der Waals surface area contributed by atoms with Crippen LogP contribution in [-0.4, -0.2) is 45.7 Å². The molecule has 0 radical (unpaired) electrons. The standard InChI is InChI=1S/C25H37NO4/c1-20(10-9-13-21-11-5-4-6-12-21)23(27)17-15-22-16-18-24(28)26(22)19-8-3-2-7-14-25(29)30/h4-6,11-12,15,17,20,22-23,27H,2-3,7-10,13-14,16,18-19H2,1H3,(H,29,30)/t20?,22-,23+/m0/s1. The number of unbranched alkanes of at least 4 members (excludes halogenated alkanes) is 3. The molecule has 1 aromatic rings. The number of carboxylic acids is 1. The number of likely N-dealkylation sites (tertiary alicyclic amines) is 1. The zero-order valence-corrected chi connectivity index (χ0v) is 18.2. The highest BCUT2D eigenvalue weighted by molar-refractivity contribution is 5.79. The van der Waals surface area contributed by atoms with Gasteiger partial charge in [0.25, 0.3) is 0 Å². The molecule has 1 unspecified atom stereocenters. The Morgan fingerprint density at radius 1 is 1.17 bits per heavy atom. The molecule has 0 aromatic heterocycles. The average molecular weight is 416 g/mol. The lowest BCUT2D eigenvalue weighted by Crippen LogP contribution is -2.33. The zero-order chi connectivity index (χ0) is 21.8. The number of aryl methyl sites for hydroxylation is 1. The Labute approximate surface area is 180 Å². The molecule has 2 rings (SSSR count). The smallest absolute Gasteiger partial charge is 0.303 e. The Morgan fingerprint density at radius 2 is 1.90 bits per heavy atom. The number of hydrogen-bond acceptors (Lipinski definition) is 3. The van der Waals surface area contributed by atoms with E-state index in [1.54, 1.807) is 0 Å². The summed E-state index contributed by atoms with van der Waals surface area (Å²) in [5.41, 5.74) is 1.33. The van der Waals surface area contributed by atoms with Crippen molar-refractivity contribution in [3.8, 4) is 0 Å². The van der Waals surface area contributed by atoms with Crippen LogP contribution in [0, 0.1) is 5.92 Å². The normalized spacial score (nSPS) is 18.8. The minimum Gasteiger partial charge on any atom is -0.481 e. The van der Waals surface area contributed by atoms with Gasteiger partial charge in [-0.2, -0.15) is 0 Å². The van der Waals surface area contributed by atoms with Gasteiger partial charge in [-0.3, -0.25) is 9.59 Å². The molecule has 5 heteroatoms. The number of aliphatic hydroxyl groups is 1. The molecule has 1 saturated heterocycles. The summed E-state index contributed by atoms with van der Waals surface area (Å²) in [7, 11) is 0. The maximum Gasteiger partial charge on any atom is 0.303 e. The van der Waals surface area contributed by atoms with Crippen LogP contribution in [0.5, 0.6) is 0 Å². The van der Waals surface area contributed by atoms with E-state index in [4.69, 9.17) is 5.11 Å². The second-order valence-electron chi connectivity index (χ2n) is 8.48. The molecule has 2 N–H and O–H groups in total. The Morgan fingerprint density at radius 3 is 2.63 bits per heavy atom. The van der Waals surface area contributed by atoms with Crippen molar-refractivity contribution in [3.63, 3.8) is 0 Å². The lowest BCUT2D eigenvalue weighted by atomic mass is 9.95. The third-order valence-corrected chi connectivity index (χ3v) is 6.00. The first-order valence-corrected chi connectivity index (χ1v) is 11.4. The van der Waals surface area contributed by atoms with Gasteiger partial charge in [-0.25, -0.2) is 0 Å². The second-order valence-corrected chi connectivity index (χ2v) is 8.48. The predicted molar refractivity (Wildman–Crippen MR) is 119 cm³/mol. The van der Waals surface area contributed by atoms with Crippen LogP contribution in [0.25, 0.3) is 0 Å². The first kappa shape index (κ1) is 24.1. The second kappa shape index (κ2) is 13.2. The van der Waals surface area contributed by atoms with Gasteiger partial charge in [-0.05, 0) is 50.0 Å². The summed E-state index contributed by atoms with van der Waals surface area (Å²) in [6.07, 6.45) is 11.4. The molecule has 1 fully saturated rings. The van der Waals surface area contributed by atoms with Crippen LogP contribution in [0.3, 0.4) is 0 Å². The molecular weight excluding hydrogens is 378 g/mol. The summed E-state index contributed by atoms with van der Waals surface area (Å²) >= 11 is 0. The first-order chi connectivity index (χ1) is 14.5. The van der Waals surface area contributed by atoms with Crippen molar-refractivity contribution in [2.75, 3.05) is 6.54 Å². The summed E-state index contributed by atoms with van der Waals surface area (Å²) in [6, 6.07) is 10.5. The minimum absolute atomic E-state index is 0.0719. The summed E-state index contributed by atoms with van der Waals surface area (Å²) in [5, 5.41) is 19.2. The third kappa shape index (κ3) is 8.70. The Hall–Kier alpha value is -2.14. The van der Waals surface area contributed by atoms with Gasteiger partial charge in [0.1, 0.15) is 0 Å². The number of carbonyl (C=O) groups excluding carboxylic acids is 1. The van der Waals surface area contributed by atoms with Crippen LogP contribution < -0.4 is 0 Å². The molecule has 3 atom stereocenters. The van der Waals surface area contributed by atoms with E-state index >= 15 is 0 Å². The monoisotopic (exact) mass is 415 g/mol. The molecule has 0 spiro atoms. The minimum atomic E-state index is -0.747. The highest BCUT2D eigenvalue weighted by Crippen LogP contribution is 2.22. The van der Waals surface area contributed by atoms with Gasteiger partial charge in [-0.1, -0.05) is 62.2 Å². The third-order valence-electron chi connectivity index (χ3n) is 6.00. The lowest BCUT2D eigenvalue weighted by molar-refractivity contribution is -0.137. The summed E-state index contributed by atoms with van der Waals surface area (Å²) in [6.45, 7) is 2.79. The van der Waals surface area contributed by atoms with Gasteiger partial charge >= 0.3 is 5.97 Å². The molecule has 1 aliphatic rings. The summed E-state index contributed by atoms with van der Waals surface area (Å²) < 4.78 is 0. The molecule has 1 heterocycles. The number of hydrogen-bond donors (Lipinski definition) is 2. The van der Waals surface area contributed by atoms with Crippen molar-refractivity contribution < 1.29 is 19.8 Å². The maximum atomic E-state index is 12.2. The van der Waals surface area contributed by atoms with E-state index in [1.165, 1.54) is 5.56 Å². The molecule has 1 aliphatic heterocycles. The number of rotatable bonds is 14. The molecule has 5 nitrogen and oxygen atoms in total. The molecule has 1 aromatic carbocycles. The number of carbonyl (C=O) groups is 2. The molecule has 166 valence electrons. The Bertz CT molecular complexity index is 673. The largest absolute Gasteiger partial charge is 0.481 e. The first-order valence-electron chi connectivity index (χ1n) is 11.4. The van der Waals surface area contributed by atoms with Crippen LogP contribution in [-0.2, 0) is 16.0 Å². The van der Waals surface area contributed by atoms with E-state index in [1.807, 2.05) is 23.1 Å². The van der Waals surface area contributed by atoms with Crippen molar-refractivity contribution in [3.05, 3.63) is 48.0 Å². The van der Waals surface area contributed by atoms with Crippen molar-refractivity contribution in [2.24, 2.45) is 5.92 Å². The van der Waals surface area contributed by atoms with Gasteiger partial charge < -0.3 is 15.1 Å². The highest BCUT2D eigenvalue weighted by atomic mass is 16.4. The quantitative estimate of drug-likeness (QED) is 0.344. The number of amides is 1. The van der Waals surface area contributed by atoms with Crippen LogP contribution >= 0.6 is 0 Å². The van der Waals surface area contributed by atoms with E-state index < -0.39 is 12.1 Å². The molecule has 0 bridgehead atoms. The maximum absolute atomic E-state index is 12.2. The van der Waals surface area contributed by atoms with Crippen LogP contribution in [0.2, 0.25) is 0 Å². The molecule has 0 aliphatic carbocycles. The highest BCUT2D eigenvalue weighted by Gasteiger charge is 2.28. The van der Waals surface area contributed by atoms with Crippen LogP contribution in [0.4, 0.5) is 0 Å². The van der Waals surface area contributed by atoms with E-state index in [2.05, 4.69) is 31.2 Å². The fourth-order valence-corrected chi connectivity index (χ4v) is 4.03. The van der Waals surface area contributed by atoms with Gasteiger partial charge in [-0.15, -0.1) is 0 Å². The van der Waals surface area contributed by atoms with E-state index in [9.17, 15) is 14.7 Å². The molecular formula is C25H37NO4. The number of benzene rings is 1. The topological polar surface area (TPSA) is 77.8 Å². The van der Waals surface area contributed by atoms with E-state index in [0.717, 1.165) is 44.9 Å². The fourth-order valence-electron chi connectivity index (χ4n) is 4.03. The van der Waals surface area contributed by atoms with Crippen LogP contribution in [0.1, 0.15) is 70.3 Å². The number of carboxylic acid groups (broad SMARTS) is 1. The SMILES string of the molecule is CC(CCCc1ccccc1)[C@H](O)C=C[C@H]1CCC(=O)N1CCCCCCC(=O)O. The van der Waals surface area contributed by atoms with Crippen molar-refractivity contribution in [2.45, 2.75) is 83.3 Å². The number of nitrogens with zero attached hydrogens (tertiary/aromatic N) is 1. The molecule has 0 saturated carbocycles. The van der Waals surface area contributed by atoms with Gasteiger partial charge in [0, 0.05) is 19.4 Å².